The molecule has 0 saturated heterocycles. The van der Waals surface area contributed by atoms with Gasteiger partial charge in [0.25, 0.3) is 0 Å². The van der Waals surface area contributed by atoms with Gasteiger partial charge in [-0.05, 0) is 6.92 Å². The van der Waals surface area contributed by atoms with Gasteiger partial charge >= 0.3 is 37.7 Å². The number of nitrogens with zero attached hydrogens (tertiary/aromatic N) is 1. The minimum Gasteiger partial charge on any atom is -1.00 e. The molecule has 1 N–H and O–H groups in total. The van der Waals surface area contributed by atoms with Crippen LogP contribution in [0.1, 0.15) is 8.68 Å². The Bertz CT molecular complexity index is 120. The summed E-state index contributed by atoms with van der Waals surface area (Å²) in [5.41, 5.74) is 0. The summed E-state index contributed by atoms with van der Waals surface area (Å²) in [6.45, 7) is 1.92. The van der Waals surface area contributed by atoms with Crippen LogP contribution in [0.15, 0.2) is 12.4 Å². The van der Waals surface area contributed by atoms with Crippen LogP contribution in [0.25, 0.3) is 0 Å². The molecule has 0 aliphatic carbocycles. The Labute approximate surface area is 75.3 Å². The van der Waals surface area contributed by atoms with Crippen LogP contribution < -0.4 is 0 Å². The molecule has 1 rings (SSSR count). The van der Waals surface area contributed by atoms with E-state index in [1.165, 1.54) is 0 Å². The van der Waals surface area contributed by atoms with Crippen LogP contribution in [0, 0.1) is 6.92 Å². The third-order valence-electron chi connectivity index (χ3n) is 0.635. The Balaban J connectivity index is -0.000000120. The van der Waals surface area contributed by atoms with E-state index in [1.807, 2.05) is 6.92 Å². The first-order valence-corrected chi connectivity index (χ1v) is 1.85. The predicted molar refractivity (Wildman–Crippen MR) is 31.3 cm³/mol. The van der Waals surface area contributed by atoms with Crippen LogP contribution in [-0.4, -0.2) is 47.7 Å². The maximum absolute atomic E-state index is 3.86. The number of hydrogen-bond acceptors (Lipinski definition) is 1. The zero-order valence-electron chi connectivity index (χ0n) is 6.31. The van der Waals surface area contributed by atoms with Gasteiger partial charge in [0.15, 0.2) is 0 Å². The second-order valence-corrected chi connectivity index (χ2v) is 1.17. The number of aryl methyl sites for hydroxylation is 1. The summed E-state index contributed by atoms with van der Waals surface area (Å²) in [5, 5.41) is 0. The molecule has 1 aromatic heterocycles. The molecular formula is C4H8CaN2. The van der Waals surface area contributed by atoms with E-state index in [0.717, 1.165) is 5.82 Å². The minimum atomic E-state index is 0. The second kappa shape index (κ2) is 3.47. The van der Waals surface area contributed by atoms with Gasteiger partial charge < -0.3 is 7.84 Å². The van der Waals surface area contributed by atoms with Crippen molar-refractivity contribution in [2.75, 3.05) is 0 Å². The monoisotopic (exact) mass is 124 g/mol. The van der Waals surface area contributed by atoms with Crippen molar-refractivity contribution in [3.05, 3.63) is 18.2 Å². The standard InChI is InChI=1S/C4H6N2.Ca.2H/c1-4-5-2-3-6-4;;;/h2-3H,1H3,(H,5,6);;;/q;+2;2*-1. The fourth-order valence-electron chi connectivity index (χ4n) is 0.344. The number of aromatic nitrogens is 2. The molecule has 0 bridgehead atoms. The second-order valence-electron chi connectivity index (χ2n) is 1.17. The Morgan fingerprint density at radius 3 is 2.71 bits per heavy atom. The van der Waals surface area contributed by atoms with Crippen molar-refractivity contribution in [1.82, 2.24) is 9.97 Å². The first kappa shape index (κ1) is 7.47. The summed E-state index contributed by atoms with van der Waals surface area (Å²) < 4.78 is 0. The van der Waals surface area contributed by atoms with Gasteiger partial charge in [-0.3, -0.25) is 0 Å². The average Bonchev–Trinajstić information content (AvgIpc) is 1.86. The van der Waals surface area contributed by atoms with Crippen LogP contribution in [0.2, 0.25) is 0 Å². The normalized spacial score (nSPS) is 7.57. The molecule has 0 aliphatic rings. The van der Waals surface area contributed by atoms with Crippen molar-refractivity contribution in [1.29, 1.82) is 0 Å². The molecule has 0 amide bonds. The van der Waals surface area contributed by atoms with Gasteiger partial charge in [0.1, 0.15) is 5.82 Å². The van der Waals surface area contributed by atoms with E-state index in [9.17, 15) is 0 Å². The van der Waals surface area contributed by atoms with E-state index in [0.29, 0.717) is 0 Å². The van der Waals surface area contributed by atoms with E-state index in [2.05, 4.69) is 9.97 Å². The molecule has 2 nitrogen and oxygen atoms in total. The largest absolute Gasteiger partial charge is 2.00 e. The first-order chi connectivity index (χ1) is 2.89. The van der Waals surface area contributed by atoms with E-state index in [4.69, 9.17) is 0 Å². The summed E-state index contributed by atoms with van der Waals surface area (Å²) >= 11 is 0. The van der Waals surface area contributed by atoms with Crippen LogP contribution in [-0.2, 0) is 0 Å². The Morgan fingerprint density at radius 2 is 2.57 bits per heavy atom. The number of aromatic amines is 1. The quantitative estimate of drug-likeness (QED) is 0.503. The maximum Gasteiger partial charge on any atom is 2.00 e. The minimum absolute atomic E-state index is 0. The average molecular weight is 124 g/mol. The zero-order valence-corrected chi connectivity index (χ0v) is 6.52. The van der Waals surface area contributed by atoms with E-state index < -0.39 is 0 Å². The summed E-state index contributed by atoms with van der Waals surface area (Å²) in [5.74, 6) is 0.968. The number of hydrogen-bond donors (Lipinski definition) is 1. The van der Waals surface area contributed by atoms with Crippen molar-refractivity contribution < 1.29 is 2.85 Å². The topological polar surface area (TPSA) is 28.7 Å². The molecular weight excluding hydrogens is 116 g/mol. The fraction of sp³-hybridized carbons (Fsp3) is 0.250. The molecule has 1 aromatic rings. The molecule has 0 saturated carbocycles. The number of rotatable bonds is 0. The van der Waals surface area contributed by atoms with E-state index in [1.54, 1.807) is 12.4 Å². The number of H-pyrrole nitrogens is 1. The zero-order chi connectivity index (χ0) is 4.41. The predicted octanol–water partition coefficient (Wildman–Crippen LogP) is 0.562. The smallest absolute Gasteiger partial charge is 1.00 e. The Kier molecular flexibility index (Phi) is 3.70. The summed E-state index contributed by atoms with van der Waals surface area (Å²) in [6.07, 6.45) is 3.53. The molecule has 3 heteroatoms. The molecule has 0 atom stereocenters. The van der Waals surface area contributed by atoms with Crippen molar-refractivity contribution in [3.8, 4) is 0 Å². The molecule has 0 spiro atoms. The Morgan fingerprint density at radius 1 is 1.86 bits per heavy atom. The summed E-state index contributed by atoms with van der Waals surface area (Å²) in [7, 11) is 0. The van der Waals surface area contributed by atoms with Crippen LogP contribution in [0.5, 0.6) is 0 Å². The first-order valence-electron chi connectivity index (χ1n) is 1.85. The van der Waals surface area contributed by atoms with E-state index in [-0.39, 0.29) is 40.6 Å². The van der Waals surface area contributed by atoms with Gasteiger partial charge in [0.2, 0.25) is 0 Å². The molecule has 1 heterocycles. The molecule has 0 fully saturated rings. The third kappa shape index (κ3) is 2.32. The fourth-order valence-corrected chi connectivity index (χ4v) is 0.344. The van der Waals surface area contributed by atoms with Crippen molar-refractivity contribution in [2.24, 2.45) is 0 Å². The van der Waals surface area contributed by atoms with Crippen LogP contribution in [0.3, 0.4) is 0 Å². The van der Waals surface area contributed by atoms with Gasteiger partial charge in [-0.2, -0.15) is 0 Å². The number of nitrogens with one attached hydrogen (secondary N) is 1. The van der Waals surface area contributed by atoms with Gasteiger partial charge in [0, 0.05) is 12.4 Å². The van der Waals surface area contributed by atoms with Gasteiger partial charge in [-0.1, -0.05) is 0 Å². The van der Waals surface area contributed by atoms with Gasteiger partial charge in [-0.25, -0.2) is 4.98 Å². The van der Waals surface area contributed by atoms with Gasteiger partial charge in [-0.15, -0.1) is 0 Å². The molecule has 0 radical (unpaired) electrons. The molecule has 0 unspecified atom stereocenters. The molecule has 0 aromatic carbocycles. The van der Waals surface area contributed by atoms with Crippen molar-refractivity contribution in [2.45, 2.75) is 6.92 Å². The SMILES string of the molecule is Cc1ncc[nH]1.[Ca+2].[H-].[H-]. The maximum atomic E-state index is 3.86. The third-order valence-corrected chi connectivity index (χ3v) is 0.635. The number of imidazole rings is 1. The Hall–Kier alpha value is 0.470. The van der Waals surface area contributed by atoms with Crippen molar-refractivity contribution >= 4 is 37.7 Å². The molecule has 7 heavy (non-hydrogen) atoms. The van der Waals surface area contributed by atoms with Gasteiger partial charge in [0.05, 0.1) is 0 Å². The van der Waals surface area contributed by atoms with Crippen molar-refractivity contribution in [3.63, 3.8) is 0 Å². The van der Waals surface area contributed by atoms with E-state index >= 15 is 0 Å². The van der Waals surface area contributed by atoms with Crippen LogP contribution in [0.4, 0.5) is 0 Å². The molecule has 36 valence electrons. The molecule has 0 aliphatic heterocycles. The summed E-state index contributed by atoms with van der Waals surface area (Å²) in [4.78, 5) is 6.75. The van der Waals surface area contributed by atoms with Crippen LogP contribution >= 0.6 is 0 Å². The summed E-state index contributed by atoms with van der Waals surface area (Å²) in [6, 6.07) is 0.